The van der Waals surface area contributed by atoms with E-state index in [-0.39, 0.29) is 5.75 Å². The monoisotopic (exact) mass is 336 g/mol. The molecule has 0 bridgehead atoms. The summed E-state index contributed by atoms with van der Waals surface area (Å²) in [5, 5.41) is 6.27. The molecule has 0 atom stereocenters. The number of ether oxygens (including phenoxy) is 1. The van der Waals surface area contributed by atoms with Crippen LogP contribution in [0.15, 0.2) is 42.5 Å². The minimum absolute atomic E-state index is 0.0690. The molecular formula is C17H18F2N2OS. The number of benzene rings is 2. The van der Waals surface area contributed by atoms with E-state index in [0.29, 0.717) is 17.3 Å². The maximum atomic E-state index is 12.5. The Morgan fingerprint density at radius 3 is 2.39 bits per heavy atom. The fraction of sp³-hybridized carbons (Fsp3) is 0.235. The number of alkyl halides is 2. The molecule has 0 aliphatic heterocycles. The molecule has 0 fully saturated rings. The van der Waals surface area contributed by atoms with Gasteiger partial charge in [-0.2, -0.15) is 8.78 Å². The third-order valence-electron chi connectivity index (χ3n) is 3.18. The van der Waals surface area contributed by atoms with Gasteiger partial charge in [0.15, 0.2) is 5.11 Å². The topological polar surface area (TPSA) is 33.3 Å². The molecule has 6 heteroatoms. The van der Waals surface area contributed by atoms with E-state index >= 15 is 0 Å². The van der Waals surface area contributed by atoms with Gasteiger partial charge >= 0.3 is 6.61 Å². The number of halogens is 2. The molecule has 0 aliphatic rings. The van der Waals surface area contributed by atoms with Gasteiger partial charge in [-0.05, 0) is 49.3 Å². The third kappa shape index (κ3) is 5.49. The molecule has 122 valence electrons. The number of anilines is 1. The molecule has 2 aromatic rings. The Labute approximate surface area is 139 Å². The maximum Gasteiger partial charge on any atom is 0.387 e. The molecule has 3 nitrogen and oxygen atoms in total. The second-order valence-electron chi connectivity index (χ2n) is 5.17. The molecule has 2 aromatic carbocycles. The highest BCUT2D eigenvalue weighted by Gasteiger charge is 2.11. The van der Waals surface area contributed by atoms with Crippen molar-refractivity contribution in [2.45, 2.75) is 27.0 Å². The van der Waals surface area contributed by atoms with Crippen molar-refractivity contribution >= 4 is 23.0 Å². The van der Waals surface area contributed by atoms with Crippen molar-refractivity contribution in [1.82, 2.24) is 5.32 Å². The highest BCUT2D eigenvalue weighted by atomic mass is 32.1. The van der Waals surface area contributed by atoms with Crippen LogP contribution in [0.25, 0.3) is 0 Å². The van der Waals surface area contributed by atoms with E-state index in [9.17, 15) is 8.78 Å². The van der Waals surface area contributed by atoms with Crippen molar-refractivity contribution in [3.63, 3.8) is 0 Å². The van der Waals surface area contributed by atoms with Crippen LogP contribution in [-0.2, 0) is 6.54 Å². The zero-order valence-electron chi connectivity index (χ0n) is 12.9. The molecule has 0 unspecified atom stereocenters. The first-order chi connectivity index (χ1) is 10.9. The number of hydrogen-bond acceptors (Lipinski definition) is 2. The number of nitrogens with one attached hydrogen (secondary N) is 2. The Kier molecular flexibility index (Phi) is 5.87. The van der Waals surface area contributed by atoms with E-state index in [1.165, 1.54) is 11.6 Å². The van der Waals surface area contributed by atoms with Crippen LogP contribution in [0.4, 0.5) is 14.5 Å². The summed E-state index contributed by atoms with van der Waals surface area (Å²) in [6, 6.07) is 13.0. The molecule has 2 rings (SSSR count). The lowest BCUT2D eigenvalue weighted by molar-refractivity contribution is -0.0493. The van der Waals surface area contributed by atoms with Crippen LogP contribution in [0, 0.1) is 13.8 Å². The summed E-state index contributed by atoms with van der Waals surface area (Å²) in [6.45, 7) is 1.48. The van der Waals surface area contributed by atoms with Gasteiger partial charge in [0.1, 0.15) is 5.75 Å². The fourth-order valence-electron chi connectivity index (χ4n) is 1.98. The summed E-state index contributed by atoms with van der Waals surface area (Å²) in [5.41, 5.74) is 3.48. The van der Waals surface area contributed by atoms with Crippen molar-refractivity contribution < 1.29 is 13.5 Å². The lowest BCUT2D eigenvalue weighted by Gasteiger charge is -2.15. The molecule has 0 heterocycles. The highest BCUT2D eigenvalue weighted by molar-refractivity contribution is 7.80. The summed E-state index contributed by atoms with van der Waals surface area (Å²) >= 11 is 5.20. The van der Waals surface area contributed by atoms with Crippen LogP contribution in [0.3, 0.4) is 0 Å². The number of rotatable bonds is 5. The second-order valence-corrected chi connectivity index (χ2v) is 5.58. The smallest absolute Gasteiger partial charge is 0.387 e. The van der Waals surface area contributed by atoms with Crippen molar-refractivity contribution in [3.8, 4) is 5.75 Å². The Hall–Kier alpha value is -2.21. The fourth-order valence-corrected chi connectivity index (χ4v) is 2.16. The highest BCUT2D eigenvalue weighted by Crippen LogP contribution is 2.27. The molecule has 0 spiro atoms. The van der Waals surface area contributed by atoms with Gasteiger partial charge in [0.2, 0.25) is 0 Å². The summed E-state index contributed by atoms with van der Waals surface area (Å²) in [5.74, 6) is 0.0690. The Balaban J connectivity index is 1.98. The molecule has 0 amide bonds. The van der Waals surface area contributed by atoms with E-state index in [4.69, 9.17) is 12.2 Å². The molecule has 23 heavy (non-hydrogen) atoms. The summed E-state index contributed by atoms with van der Waals surface area (Å²) in [6.07, 6.45) is 0. The number of thiocarbonyl (C=S) groups is 1. The van der Waals surface area contributed by atoms with Gasteiger partial charge in [0.05, 0.1) is 5.69 Å². The van der Waals surface area contributed by atoms with E-state index < -0.39 is 6.61 Å². The predicted molar refractivity (Wildman–Crippen MR) is 92.1 cm³/mol. The molecule has 0 radical (unpaired) electrons. The van der Waals surface area contributed by atoms with E-state index in [1.807, 2.05) is 31.2 Å². The lowest BCUT2D eigenvalue weighted by Crippen LogP contribution is -2.28. The first kappa shape index (κ1) is 17.1. The molecule has 0 aliphatic carbocycles. The summed E-state index contributed by atoms with van der Waals surface area (Å²) < 4.78 is 29.5. The van der Waals surface area contributed by atoms with Crippen LogP contribution in [0.1, 0.15) is 16.7 Å². The number of aryl methyl sites for hydroxylation is 2. The Morgan fingerprint density at radius 2 is 1.74 bits per heavy atom. The van der Waals surface area contributed by atoms with Crippen molar-refractivity contribution in [3.05, 3.63) is 59.2 Å². The van der Waals surface area contributed by atoms with Gasteiger partial charge in [-0.3, -0.25) is 0 Å². The van der Waals surface area contributed by atoms with Crippen LogP contribution >= 0.6 is 12.2 Å². The zero-order valence-corrected chi connectivity index (χ0v) is 13.7. The van der Waals surface area contributed by atoms with Crippen molar-refractivity contribution in [2.24, 2.45) is 0 Å². The number of hydrogen-bond donors (Lipinski definition) is 2. The van der Waals surface area contributed by atoms with Crippen molar-refractivity contribution in [2.75, 3.05) is 5.32 Å². The van der Waals surface area contributed by atoms with Gasteiger partial charge in [-0.1, -0.05) is 35.9 Å². The van der Waals surface area contributed by atoms with Crippen LogP contribution < -0.4 is 15.4 Å². The second kappa shape index (κ2) is 7.87. The largest absolute Gasteiger partial charge is 0.433 e. The third-order valence-corrected chi connectivity index (χ3v) is 3.42. The predicted octanol–water partition coefficient (Wildman–Crippen LogP) is 4.39. The normalized spacial score (nSPS) is 10.5. The van der Waals surface area contributed by atoms with Crippen molar-refractivity contribution in [1.29, 1.82) is 0 Å². The molecule has 0 saturated heterocycles. The summed E-state index contributed by atoms with van der Waals surface area (Å²) in [4.78, 5) is 0. The minimum atomic E-state index is -2.88. The first-order valence-electron chi connectivity index (χ1n) is 7.10. The molecule has 0 aromatic heterocycles. The van der Waals surface area contributed by atoms with Crippen LogP contribution in [-0.4, -0.2) is 11.7 Å². The van der Waals surface area contributed by atoms with Gasteiger partial charge in [-0.15, -0.1) is 0 Å². The first-order valence-corrected chi connectivity index (χ1v) is 7.51. The zero-order chi connectivity index (χ0) is 16.8. The average molecular weight is 336 g/mol. The standard InChI is InChI=1S/C17H18F2N2OS/c1-11-3-6-13(7-4-11)10-20-17(23)21-14-8-5-12(2)9-15(14)22-16(18)19/h3-9,16H,10H2,1-2H3,(H2,20,21,23). The van der Waals surface area contributed by atoms with Crippen LogP contribution in [0.2, 0.25) is 0 Å². The molecular weight excluding hydrogens is 318 g/mol. The minimum Gasteiger partial charge on any atom is -0.433 e. The quantitative estimate of drug-likeness (QED) is 0.794. The maximum absolute atomic E-state index is 12.5. The average Bonchev–Trinajstić information content (AvgIpc) is 2.49. The Morgan fingerprint density at radius 1 is 1.09 bits per heavy atom. The molecule has 2 N–H and O–H groups in total. The van der Waals surface area contributed by atoms with Gasteiger partial charge < -0.3 is 15.4 Å². The Bertz CT molecular complexity index is 675. The van der Waals surface area contributed by atoms with Crippen LogP contribution in [0.5, 0.6) is 5.75 Å². The van der Waals surface area contributed by atoms with E-state index in [1.54, 1.807) is 19.1 Å². The summed E-state index contributed by atoms with van der Waals surface area (Å²) in [7, 11) is 0. The van der Waals surface area contributed by atoms with E-state index in [2.05, 4.69) is 15.4 Å². The molecule has 0 saturated carbocycles. The lowest BCUT2D eigenvalue weighted by atomic mass is 10.1. The van der Waals surface area contributed by atoms with Gasteiger partial charge in [-0.25, -0.2) is 0 Å². The van der Waals surface area contributed by atoms with Gasteiger partial charge in [0.25, 0.3) is 0 Å². The van der Waals surface area contributed by atoms with Gasteiger partial charge in [0, 0.05) is 6.54 Å². The van der Waals surface area contributed by atoms with E-state index in [0.717, 1.165) is 11.1 Å². The SMILES string of the molecule is Cc1ccc(CNC(=S)Nc2ccc(C)cc2OC(F)F)cc1.